The molecule has 0 aliphatic carbocycles. The molecule has 8 heteroatoms. The van der Waals surface area contributed by atoms with Crippen LogP contribution in [0, 0.1) is 0 Å². The van der Waals surface area contributed by atoms with Crippen LogP contribution in [0.4, 0.5) is 5.82 Å². The summed E-state index contributed by atoms with van der Waals surface area (Å²) < 4.78 is 15.8. The van der Waals surface area contributed by atoms with Gasteiger partial charge >= 0.3 is 0 Å². The number of amides is 1. The number of carbonyl (C=O) groups excluding carboxylic acids is 1. The zero-order valence-electron chi connectivity index (χ0n) is 16.5. The molecule has 2 aromatic rings. The summed E-state index contributed by atoms with van der Waals surface area (Å²) in [6.07, 6.45) is 3.03. The van der Waals surface area contributed by atoms with Crippen LogP contribution in [0.2, 0.25) is 0 Å². The van der Waals surface area contributed by atoms with E-state index in [2.05, 4.69) is 15.3 Å². The molecule has 0 bridgehead atoms. The molecule has 2 heterocycles. The Morgan fingerprint density at radius 1 is 1.11 bits per heavy atom. The Morgan fingerprint density at radius 3 is 2.57 bits per heavy atom. The Balaban J connectivity index is 1.70. The monoisotopic (exact) mass is 386 g/mol. The summed E-state index contributed by atoms with van der Waals surface area (Å²) in [5.74, 6) is 1.90. The van der Waals surface area contributed by atoms with Crippen LogP contribution in [0.15, 0.2) is 24.5 Å². The molecule has 8 nitrogen and oxygen atoms in total. The van der Waals surface area contributed by atoms with E-state index in [1.54, 1.807) is 32.3 Å². The molecular formula is C20H26N4O4. The summed E-state index contributed by atoms with van der Waals surface area (Å²) in [6.45, 7) is 2.53. The number of anilines is 1. The normalized spacial score (nSPS) is 13.0. The Labute approximate surface area is 164 Å². The first-order chi connectivity index (χ1) is 13.7. The number of hydrogen-bond acceptors (Lipinski definition) is 7. The predicted octanol–water partition coefficient (Wildman–Crippen LogP) is 2.14. The third-order valence-corrected chi connectivity index (χ3v) is 4.72. The van der Waals surface area contributed by atoms with Gasteiger partial charge in [-0.3, -0.25) is 4.79 Å². The van der Waals surface area contributed by atoms with Crippen molar-refractivity contribution in [2.45, 2.75) is 19.4 Å². The second kappa shape index (κ2) is 9.36. The number of aromatic nitrogens is 2. The second-order valence-corrected chi connectivity index (χ2v) is 6.51. The van der Waals surface area contributed by atoms with Crippen LogP contribution in [0.1, 0.15) is 28.0 Å². The average molecular weight is 386 g/mol. The fourth-order valence-corrected chi connectivity index (χ4v) is 3.22. The Bertz CT molecular complexity index is 828. The molecule has 1 aromatic carbocycles. The molecule has 1 aliphatic rings. The highest BCUT2D eigenvalue weighted by molar-refractivity contribution is 5.93. The zero-order valence-corrected chi connectivity index (χ0v) is 16.5. The summed E-state index contributed by atoms with van der Waals surface area (Å²) in [5.41, 5.74) is 2.61. The molecule has 0 saturated carbocycles. The third-order valence-electron chi connectivity index (χ3n) is 4.72. The van der Waals surface area contributed by atoms with E-state index in [1.165, 1.54) is 11.9 Å². The minimum Gasteiger partial charge on any atom is -0.493 e. The van der Waals surface area contributed by atoms with E-state index in [9.17, 15) is 4.79 Å². The first-order valence-corrected chi connectivity index (χ1v) is 9.24. The van der Waals surface area contributed by atoms with Crippen molar-refractivity contribution in [3.05, 3.63) is 41.3 Å². The van der Waals surface area contributed by atoms with Crippen LogP contribution in [-0.4, -0.2) is 61.8 Å². The number of fused-ring (bicyclic) bond motifs is 1. The van der Waals surface area contributed by atoms with Gasteiger partial charge in [0.2, 0.25) is 0 Å². The van der Waals surface area contributed by atoms with Crippen molar-refractivity contribution in [1.82, 2.24) is 14.9 Å². The van der Waals surface area contributed by atoms with Crippen LogP contribution < -0.4 is 14.8 Å². The molecular weight excluding hydrogens is 360 g/mol. The molecule has 1 aromatic heterocycles. The van der Waals surface area contributed by atoms with Gasteiger partial charge in [0.25, 0.3) is 5.91 Å². The average Bonchev–Trinajstić information content (AvgIpc) is 2.75. The topological polar surface area (TPSA) is 85.8 Å². The van der Waals surface area contributed by atoms with Gasteiger partial charge < -0.3 is 24.4 Å². The van der Waals surface area contributed by atoms with Crippen molar-refractivity contribution < 1.29 is 19.0 Å². The van der Waals surface area contributed by atoms with Crippen LogP contribution in [0.5, 0.6) is 11.5 Å². The van der Waals surface area contributed by atoms with Crippen molar-refractivity contribution in [3.63, 3.8) is 0 Å². The lowest BCUT2D eigenvalue weighted by Gasteiger charge is -2.29. The van der Waals surface area contributed by atoms with Gasteiger partial charge in [0, 0.05) is 39.4 Å². The van der Waals surface area contributed by atoms with Gasteiger partial charge in [0.1, 0.15) is 17.8 Å². The van der Waals surface area contributed by atoms with Crippen molar-refractivity contribution in [2.75, 3.05) is 46.3 Å². The first-order valence-electron chi connectivity index (χ1n) is 9.24. The number of rotatable bonds is 8. The van der Waals surface area contributed by atoms with Gasteiger partial charge in [-0.15, -0.1) is 0 Å². The lowest BCUT2D eigenvalue weighted by Crippen LogP contribution is -2.36. The molecule has 3 rings (SSSR count). The number of methoxy groups -OCH3 is 3. The lowest BCUT2D eigenvalue weighted by atomic mass is 9.98. The predicted molar refractivity (Wildman–Crippen MR) is 105 cm³/mol. The molecule has 0 saturated heterocycles. The molecule has 150 valence electrons. The van der Waals surface area contributed by atoms with E-state index in [-0.39, 0.29) is 5.91 Å². The highest BCUT2D eigenvalue weighted by Crippen LogP contribution is 2.33. The Morgan fingerprint density at radius 2 is 1.86 bits per heavy atom. The fraction of sp³-hybridized carbons (Fsp3) is 0.450. The number of carbonyl (C=O) groups is 1. The first kappa shape index (κ1) is 19.9. The molecule has 1 aliphatic heterocycles. The van der Waals surface area contributed by atoms with Crippen LogP contribution in [0.25, 0.3) is 0 Å². The molecule has 1 amide bonds. The Kier molecular flexibility index (Phi) is 6.65. The molecule has 0 radical (unpaired) electrons. The number of nitrogens with zero attached hydrogens (tertiary/aromatic N) is 3. The number of ether oxygens (including phenoxy) is 3. The number of nitrogens with one attached hydrogen (secondary N) is 1. The minimum absolute atomic E-state index is 0.109. The molecule has 1 N–H and O–H groups in total. The van der Waals surface area contributed by atoms with Gasteiger partial charge in [-0.25, -0.2) is 9.97 Å². The van der Waals surface area contributed by atoms with E-state index in [4.69, 9.17) is 14.2 Å². The fourth-order valence-electron chi connectivity index (χ4n) is 3.22. The van der Waals surface area contributed by atoms with Crippen LogP contribution in [0.3, 0.4) is 0 Å². The number of benzene rings is 1. The van der Waals surface area contributed by atoms with Crippen molar-refractivity contribution in [2.24, 2.45) is 0 Å². The SMILES string of the molecule is COCCCNc1cc(C(=O)N2CCc3cc(OC)c(OC)cc3C2)ncn1. The van der Waals surface area contributed by atoms with Gasteiger partial charge in [0.05, 0.1) is 14.2 Å². The van der Waals surface area contributed by atoms with Gasteiger partial charge in [-0.1, -0.05) is 0 Å². The molecule has 0 fully saturated rings. The van der Waals surface area contributed by atoms with Crippen LogP contribution in [-0.2, 0) is 17.7 Å². The van der Waals surface area contributed by atoms with E-state index in [0.717, 1.165) is 24.9 Å². The molecule has 28 heavy (non-hydrogen) atoms. The molecule has 0 spiro atoms. The van der Waals surface area contributed by atoms with Gasteiger partial charge in [-0.05, 0) is 36.1 Å². The number of hydrogen-bond donors (Lipinski definition) is 1. The maximum Gasteiger partial charge on any atom is 0.272 e. The standard InChI is InChI=1S/C20H26N4O4/c1-26-8-4-6-21-19-11-16(22-13-23-19)20(25)24-7-5-14-9-17(27-2)18(28-3)10-15(14)12-24/h9-11,13H,4-8,12H2,1-3H3,(H,21,22,23). The van der Waals surface area contributed by atoms with E-state index >= 15 is 0 Å². The van der Waals surface area contributed by atoms with E-state index in [1.807, 2.05) is 12.1 Å². The highest BCUT2D eigenvalue weighted by Gasteiger charge is 2.24. The summed E-state index contributed by atoms with van der Waals surface area (Å²) in [5, 5.41) is 3.19. The maximum atomic E-state index is 12.9. The van der Waals surface area contributed by atoms with Gasteiger partial charge in [-0.2, -0.15) is 0 Å². The summed E-state index contributed by atoms with van der Waals surface area (Å²) in [7, 11) is 4.90. The molecule has 0 atom stereocenters. The van der Waals surface area contributed by atoms with E-state index < -0.39 is 0 Å². The van der Waals surface area contributed by atoms with Gasteiger partial charge in [0.15, 0.2) is 11.5 Å². The van der Waals surface area contributed by atoms with Crippen LogP contribution >= 0.6 is 0 Å². The maximum absolute atomic E-state index is 12.9. The Hall–Kier alpha value is -2.87. The second-order valence-electron chi connectivity index (χ2n) is 6.51. The smallest absolute Gasteiger partial charge is 0.272 e. The highest BCUT2D eigenvalue weighted by atomic mass is 16.5. The minimum atomic E-state index is -0.109. The van der Waals surface area contributed by atoms with Crippen molar-refractivity contribution >= 4 is 11.7 Å². The van der Waals surface area contributed by atoms with Crippen molar-refractivity contribution in [1.29, 1.82) is 0 Å². The largest absolute Gasteiger partial charge is 0.493 e. The van der Waals surface area contributed by atoms with Crippen molar-refractivity contribution in [3.8, 4) is 11.5 Å². The quantitative estimate of drug-likeness (QED) is 0.696. The summed E-state index contributed by atoms with van der Waals surface area (Å²) in [4.78, 5) is 23.1. The summed E-state index contributed by atoms with van der Waals surface area (Å²) in [6, 6.07) is 5.62. The zero-order chi connectivity index (χ0) is 19.9. The summed E-state index contributed by atoms with van der Waals surface area (Å²) >= 11 is 0. The third kappa shape index (κ3) is 4.51. The van der Waals surface area contributed by atoms with E-state index in [0.29, 0.717) is 42.7 Å². The molecule has 0 unspecified atom stereocenters. The lowest BCUT2D eigenvalue weighted by molar-refractivity contribution is 0.0728.